The van der Waals surface area contributed by atoms with Crippen LogP contribution in [0.4, 0.5) is 13.9 Å². The zero-order valence-corrected chi connectivity index (χ0v) is 19.2. The van der Waals surface area contributed by atoms with Gasteiger partial charge in [-0.3, -0.25) is 14.5 Å². The van der Waals surface area contributed by atoms with E-state index in [-0.39, 0.29) is 16.3 Å². The van der Waals surface area contributed by atoms with Gasteiger partial charge >= 0.3 is 5.91 Å². The number of amides is 1. The highest BCUT2D eigenvalue weighted by Crippen LogP contribution is 2.44. The quantitative estimate of drug-likeness (QED) is 0.223. The molecule has 5 rings (SSSR count). The van der Waals surface area contributed by atoms with Crippen molar-refractivity contribution in [3.63, 3.8) is 0 Å². The molecule has 0 bridgehead atoms. The minimum Gasteiger partial charge on any atom is -0.507 e. The largest absolute Gasteiger partial charge is 0.507 e. The number of aliphatic hydroxyl groups excluding tert-OH is 1. The lowest BCUT2D eigenvalue weighted by Gasteiger charge is -2.23. The number of hydrogen-bond donors (Lipinski definition) is 1. The molecule has 0 aliphatic carbocycles. The number of aliphatic hydroxyl groups is 1. The number of Topliss-reactive ketones (excluding diaryl/α,β-unsaturated/α-hetero) is 1. The van der Waals surface area contributed by atoms with E-state index in [1.54, 1.807) is 24.3 Å². The Morgan fingerprint density at radius 3 is 2.40 bits per heavy atom. The third kappa shape index (κ3) is 4.04. The molecule has 3 aromatic carbocycles. The third-order valence-electron chi connectivity index (χ3n) is 5.61. The van der Waals surface area contributed by atoms with E-state index in [9.17, 15) is 23.5 Å². The van der Waals surface area contributed by atoms with E-state index in [1.165, 1.54) is 35.2 Å². The van der Waals surface area contributed by atoms with Crippen LogP contribution in [0.15, 0.2) is 72.3 Å². The first-order valence-electron chi connectivity index (χ1n) is 10.7. The summed E-state index contributed by atoms with van der Waals surface area (Å²) in [6, 6.07) is 14.8. The molecule has 2 heterocycles. The highest BCUT2D eigenvalue weighted by molar-refractivity contribution is 7.22. The smallest absolute Gasteiger partial charge is 0.301 e. The zero-order valence-electron chi connectivity index (χ0n) is 18.4. The molecule has 1 atom stereocenters. The summed E-state index contributed by atoms with van der Waals surface area (Å²) < 4.78 is 33.2. The molecule has 1 aromatic heterocycles. The summed E-state index contributed by atoms with van der Waals surface area (Å²) in [4.78, 5) is 32.1. The van der Waals surface area contributed by atoms with Crippen molar-refractivity contribution in [2.75, 3.05) is 11.5 Å². The van der Waals surface area contributed by atoms with E-state index in [0.717, 1.165) is 23.5 Å². The van der Waals surface area contributed by atoms with Gasteiger partial charge in [0.2, 0.25) is 0 Å². The summed E-state index contributed by atoms with van der Waals surface area (Å²) in [7, 11) is 0. The minimum atomic E-state index is -1.01. The van der Waals surface area contributed by atoms with Gasteiger partial charge in [0, 0.05) is 5.56 Å². The van der Waals surface area contributed by atoms with Crippen molar-refractivity contribution in [3.8, 4) is 5.75 Å². The number of aromatic nitrogens is 1. The third-order valence-corrected chi connectivity index (χ3v) is 6.63. The van der Waals surface area contributed by atoms with Crippen molar-refractivity contribution in [3.05, 3.63) is 95.1 Å². The second-order valence-corrected chi connectivity index (χ2v) is 8.80. The fourth-order valence-corrected chi connectivity index (χ4v) is 5.03. The molecule has 0 radical (unpaired) electrons. The Morgan fingerprint density at radius 2 is 1.71 bits per heavy atom. The molecule has 1 aliphatic heterocycles. The molecule has 1 aliphatic rings. The predicted octanol–water partition coefficient (Wildman–Crippen LogP) is 5.60. The van der Waals surface area contributed by atoms with E-state index in [2.05, 4.69) is 4.98 Å². The van der Waals surface area contributed by atoms with Crippen LogP contribution in [0.1, 0.15) is 24.1 Å². The number of nitrogens with zero attached hydrogens (tertiary/aromatic N) is 2. The van der Waals surface area contributed by atoms with Crippen LogP contribution in [0, 0.1) is 11.6 Å². The van der Waals surface area contributed by atoms with Crippen molar-refractivity contribution in [2.45, 2.75) is 13.0 Å². The molecule has 1 amide bonds. The van der Waals surface area contributed by atoms with Crippen LogP contribution in [-0.2, 0) is 9.59 Å². The van der Waals surface area contributed by atoms with Crippen LogP contribution >= 0.6 is 11.3 Å². The number of benzene rings is 3. The van der Waals surface area contributed by atoms with Crippen LogP contribution < -0.4 is 9.64 Å². The molecule has 1 fully saturated rings. The van der Waals surface area contributed by atoms with Gasteiger partial charge < -0.3 is 9.84 Å². The molecule has 4 aromatic rings. The number of thiazole rings is 1. The summed E-state index contributed by atoms with van der Waals surface area (Å²) in [6.07, 6.45) is 0. The number of rotatable bonds is 5. The molecular weight excluding hydrogens is 474 g/mol. The average molecular weight is 493 g/mol. The van der Waals surface area contributed by atoms with Crippen LogP contribution in [0.2, 0.25) is 0 Å². The maximum atomic E-state index is 13.8. The second-order valence-electron chi connectivity index (χ2n) is 7.79. The summed E-state index contributed by atoms with van der Waals surface area (Å²) in [6.45, 7) is 2.31. The van der Waals surface area contributed by atoms with Crippen LogP contribution in [0.3, 0.4) is 0 Å². The van der Waals surface area contributed by atoms with Crippen molar-refractivity contribution in [1.29, 1.82) is 0 Å². The van der Waals surface area contributed by atoms with Crippen molar-refractivity contribution >= 4 is 44.1 Å². The molecule has 9 heteroatoms. The van der Waals surface area contributed by atoms with Crippen LogP contribution in [0.25, 0.3) is 16.0 Å². The molecule has 0 unspecified atom stereocenters. The van der Waals surface area contributed by atoms with Gasteiger partial charge in [0.15, 0.2) is 5.13 Å². The van der Waals surface area contributed by atoms with E-state index >= 15 is 0 Å². The SMILES string of the molecule is CCOc1ccc([C@@H]2/C(=C(\O)c3ccc(F)cc3)C(=O)C(=O)N2c2nc3ccc(F)cc3s2)cc1. The van der Waals surface area contributed by atoms with Gasteiger partial charge in [0.25, 0.3) is 5.78 Å². The fraction of sp³-hybridized carbons (Fsp3) is 0.115. The number of anilines is 1. The van der Waals surface area contributed by atoms with Gasteiger partial charge in [-0.1, -0.05) is 23.5 Å². The van der Waals surface area contributed by atoms with Gasteiger partial charge in [-0.15, -0.1) is 0 Å². The van der Waals surface area contributed by atoms with E-state index in [0.29, 0.717) is 28.1 Å². The molecule has 0 saturated carbocycles. The van der Waals surface area contributed by atoms with Gasteiger partial charge in [-0.05, 0) is 67.1 Å². The lowest BCUT2D eigenvalue weighted by Crippen LogP contribution is -2.29. The number of ketones is 1. The molecule has 1 saturated heterocycles. The Bertz CT molecular complexity index is 1480. The van der Waals surface area contributed by atoms with Gasteiger partial charge in [0.05, 0.1) is 28.4 Å². The second kappa shape index (κ2) is 8.92. The summed E-state index contributed by atoms with van der Waals surface area (Å²) >= 11 is 1.06. The Labute approximate surface area is 202 Å². The van der Waals surface area contributed by atoms with Gasteiger partial charge in [-0.25, -0.2) is 13.8 Å². The maximum Gasteiger partial charge on any atom is 0.301 e. The topological polar surface area (TPSA) is 79.7 Å². The zero-order chi connectivity index (χ0) is 24.7. The molecule has 176 valence electrons. The Kier molecular flexibility index (Phi) is 5.78. The number of carbonyl (C=O) groups excluding carboxylic acids is 2. The highest BCUT2D eigenvalue weighted by atomic mass is 32.1. The highest BCUT2D eigenvalue weighted by Gasteiger charge is 2.48. The van der Waals surface area contributed by atoms with E-state index in [4.69, 9.17) is 4.74 Å². The lowest BCUT2D eigenvalue weighted by atomic mass is 9.95. The molecular formula is C26H18F2N2O4S. The van der Waals surface area contributed by atoms with Crippen molar-refractivity contribution in [1.82, 2.24) is 4.98 Å². The number of fused-ring (bicyclic) bond motifs is 1. The van der Waals surface area contributed by atoms with Gasteiger partial charge in [0.1, 0.15) is 23.1 Å². The normalized spacial score (nSPS) is 17.3. The first kappa shape index (κ1) is 22.7. The summed E-state index contributed by atoms with van der Waals surface area (Å²) in [5, 5.41) is 11.3. The first-order chi connectivity index (χ1) is 16.9. The Hall–Kier alpha value is -4.11. The monoisotopic (exact) mass is 492 g/mol. The summed E-state index contributed by atoms with van der Waals surface area (Å²) in [5.74, 6) is -2.58. The predicted molar refractivity (Wildman–Crippen MR) is 128 cm³/mol. The Balaban J connectivity index is 1.70. The van der Waals surface area contributed by atoms with Gasteiger partial charge in [-0.2, -0.15) is 0 Å². The number of halogens is 2. The number of ether oxygens (including phenoxy) is 1. The van der Waals surface area contributed by atoms with Crippen LogP contribution in [-0.4, -0.2) is 28.4 Å². The summed E-state index contributed by atoms with van der Waals surface area (Å²) in [5.41, 5.74) is 1.03. The average Bonchev–Trinajstić information content (AvgIpc) is 3.37. The molecule has 6 nitrogen and oxygen atoms in total. The number of hydrogen-bond acceptors (Lipinski definition) is 6. The van der Waals surface area contributed by atoms with E-state index < -0.39 is 35.1 Å². The lowest BCUT2D eigenvalue weighted by molar-refractivity contribution is -0.132. The van der Waals surface area contributed by atoms with Crippen molar-refractivity contribution in [2.24, 2.45) is 0 Å². The van der Waals surface area contributed by atoms with E-state index in [1.807, 2.05) is 6.92 Å². The fourth-order valence-electron chi connectivity index (χ4n) is 4.01. The van der Waals surface area contributed by atoms with Crippen molar-refractivity contribution < 1.29 is 28.2 Å². The molecule has 1 N–H and O–H groups in total. The standard InChI is InChI=1S/C26H18F2N2O4S/c1-2-34-18-10-5-14(6-11-18)22-21(23(31)15-3-7-16(27)8-4-15)24(32)25(33)30(22)26-29-19-12-9-17(28)13-20(19)35-26/h3-13,22,31H,2H2,1H3/b23-21+/t22-/m1/s1. The molecule has 0 spiro atoms. The minimum absolute atomic E-state index is 0.156. The Morgan fingerprint density at radius 1 is 1.03 bits per heavy atom. The number of carbonyl (C=O) groups is 2. The van der Waals surface area contributed by atoms with Crippen LogP contribution in [0.5, 0.6) is 5.75 Å². The first-order valence-corrected chi connectivity index (χ1v) is 11.5. The maximum absolute atomic E-state index is 13.8. The molecule has 35 heavy (non-hydrogen) atoms.